The molecule has 88 valence electrons. The van der Waals surface area contributed by atoms with Crippen molar-refractivity contribution in [1.29, 1.82) is 0 Å². The van der Waals surface area contributed by atoms with Gasteiger partial charge < -0.3 is 9.47 Å². The molecule has 0 amide bonds. The Balaban J connectivity index is 3.30. The fourth-order valence-corrected chi connectivity index (χ4v) is 1.31. The van der Waals surface area contributed by atoms with Crippen molar-refractivity contribution in [1.82, 2.24) is 9.78 Å². The van der Waals surface area contributed by atoms with Gasteiger partial charge in [-0.1, -0.05) is 0 Å². The van der Waals surface area contributed by atoms with E-state index in [0.717, 1.165) is 0 Å². The molecule has 6 heteroatoms. The molecule has 6 nitrogen and oxygen atoms in total. The van der Waals surface area contributed by atoms with Crippen molar-refractivity contribution < 1.29 is 19.1 Å². The molecule has 0 aromatic carbocycles. The number of hydrogen-bond acceptors (Lipinski definition) is 5. The molecule has 0 fully saturated rings. The zero-order valence-electron chi connectivity index (χ0n) is 9.68. The Bertz CT molecular complexity index is 409. The maximum Gasteiger partial charge on any atom is 0.357 e. The Morgan fingerprint density at radius 1 is 1.25 bits per heavy atom. The van der Waals surface area contributed by atoms with E-state index < -0.39 is 11.9 Å². The standard InChI is InChI=1S/C10H14N2O4/c1-6(2)12-8(10(14)16-4)7(5-11-12)9(13)15-3/h5-6H,1-4H3. The van der Waals surface area contributed by atoms with Gasteiger partial charge in [-0.3, -0.25) is 4.68 Å². The molecule has 0 spiro atoms. The van der Waals surface area contributed by atoms with Crippen LogP contribution in [0.1, 0.15) is 40.7 Å². The van der Waals surface area contributed by atoms with Crippen LogP contribution < -0.4 is 0 Å². The number of hydrogen-bond donors (Lipinski definition) is 0. The SMILES string of the molecule is COC(=O)c1cnn(C(C)C)c1C(=O)OC. The van der Waals surface area contributed by atoms with E-state index in [4.69, 9.17) is 0 Å². The molecular weight excluding hydrogens is 212 g/mol. The maximum atomic E-state index is 11.6. The van der Waals surface area contributed by atoms with Crippen molar-refractivity contribution in [2.45, 2.75) is 19.9 Å². The lowest BCUT2D eigenvalue weighted by Gasteiger charge is -2.09. The van der Waals surface area contributed by atoms with Crippen LogP contribution in [0.3, 0.4) is 0 Å². The molecular formula is C10H14N2O4. The van der Waals surface area contributed by atoms with Crippen molar-refractivity contribution >= 4 is 11.9 Å². The Morgan fingerprint density at radius 2 is 1.81 bits per heavy atom. The molecule has 0 atom stereocenters. The summed E-state index contributed by atoms with van der Waals surface area (Å²) in [7, 11) is 2.50. The summed E-state index contributed by atoms with van der Waals surface area (Å²) in [6.45, 7) is 3.70. The molecule has 0 radical (unpaired) electrons. The largest absolute Gasteiger partial charge is 0.465 e. The summed E-state index contributed by atoms with van der Waals surface area (Å²) < 4.78 is 10.6. The minimum Gasteiger partial charge on any atom is -0.465 e. The van der Waals surface area contributed by atoms with Gasteiger partial charge in [0.1, 0.15) is 5.56 Å². The number of rotatable bonds is 3. The van der Waals surface area contributed by atoms with Gasteiger partial charge in [0, 0.05) is 6.04 Å². The van der Waals surface area contributed by atoms with Crippen molar-refractivity contribution in [2.24, 2.45) is 0 Å². The predicted molar refractivity (Wildman–Crippen MR) is 55.3 cm³/mol. The molecule has 0 saturated carbocycles. The Morgan fingerprint density at radius 3 is 2.25 bits per heavy atom. The van der Waals surface area contributed by atoms with E-state index >= 15 is 0 Å². The van der Waals surface area contributed by atoms with Crippen LogP contribution in [0.4, 0.5) is 0 Å². The van der Waals surface area contributed by atoms with Gasteiger partial charge in [0.05, 0.1) is 20.4 Å². The van der Waals surface area contributed by atoms with Gasteiger partial charge in [0.2, 0.25) is 0 Å². The minimum absolute atomic E-state index is 0.0486. The van der Waals surface area contributed by atoms with Crippen LogP contribution >= 0.6 is 0 Å². The lowest BCUT2D eigenvalue weighted by Crippen LogP contribution is -2.17. The average Bonchev–Trinajstić information content (AvgIpc) is 2.71. The molecule has 0 aliphatic heterocycles. The molecule has 0 unspecified atom stereocenters. The molecule has 0 aliphatic rings. The molecule has 0 aliphatic carbocycles. The van der Waals surface area contributed by atoms with Crippen LogP contribution in [0.2, 0.25) is 0 Å². The lowest BCUT2D eigenvalue weighted by molar-refractivity contribution is 0.0545. The van der Waals surface area contributed by atoms with Crippen LogP contribution in [0, 0.1) is 0 Å². The van der Waals surface area contributed by atoms with Gasteiger partial charge >= 0.3 is 11.9 Å². The summed E-state index contributed by atoms with van der Waals surface area (Å²) in [6, 6.07) is -0.0486. The van der Waals surface area contributed by atoms with Crippen molar-refractivity contribution in [2.75, 3.05) is 14.2 Å². The third-order valence-electron chi connectivity index (χ3n) is 2.07. The number of nitrogens with zero attached hydrogens (tertiary/aromatic N) is 2. The average molecular weight is 226 g/mol. The Kier molecular flexibility index (Phi) is 3.65. The van der Waals surface area contributed by atoms with Crippen molar-refractivity contribution in [3.63, 3.8) is 0 Å². The van der Waals surface area contributed by atoms with E-state index in [1.54, 1.807) is 0 Å². The molecule has 16 heavy (non-hydrogen) atoms. The second-order valence-corrected chi connectivity index (χ2v) is 3.43. The molecule has 1 heterocycles. The summed E-state index contributed by atoms with van der Waals surface area (Å²) in [4.78, 5) is 23.0. The first-order valence-electron chi connectivity index (χ1n) is 4.77. The quantitative estimate of drug-likeness (QED) is 0.720. The van der Waals surface area contributed by atoms with Crippen LogP contribution in [0.5, 0.6) is 0 Å². The number of carbonyl (C=O) groups excluding carboxylic acids is 2. The third-order valence-corrected chi connectivity index (χ3v) is 2.07. The topological polar surface area (TPSA) is 70.4 Å². The third kappa shape index (κ3) is 2.05. The van der Waals surface area contributed by atoms with Gasteiger partial charge in [0.15, 0.2) is 5.69 Å². The van der Waals surface area contributed by atoms with Gasteiger partial charge in [-0.15, -0.1) is 0 Å². The summed E-state index contributed by atoms with van der Waals surface area (Å²) in [5.74, 6) is -1.21. The van der Waals surface area contributed by atoms with E-state index in [1.807, 2.05) is 13.8 Å². The van der Waals surface area contributed by atoms with E-state index in [9.17, 15) is 9.59 Å². The molecule has 1 aromatic heterocycles. The molecule has 1 aromatic rings. The summed E-state index contributed by atoms with van der Waals surface area (Å²) in [6.07, 6.45) is 1.30. The van der Waals surface area contributed by atoms with Crippen LogP contribution in [0.25, 0.3) is 0 Å². The molecule has 1 rings (SSSR count). The Labute approximate surface area is 93.1 Å². The second kappa shape index (κ2) is 4.78. The lowest BCUT2D eigenvalue weighted by atomic mass is 10.2. The number of methoxy groups -OCH3 is 2. The Hall–Kier alpha value is -1.85. The van der Waals surface area contributed by atoms with Crippen LogP contribution in [-0.4, -0.2) is 35.9 Å². The number of esters is 2. The van der Waals surface area contributed by atoms with Crippen molar-refractivity contribution in [3.05, 3.63) is 17.5 Å². The molecule has 0 saturated heterocycles. The van der Waals surface area contributed by atoms with Crippen LogP contribution in [0.15, 0.2) is 6.20 Å². The van der Waals surface area contributed by atoms with Gasteiger partial charge in [0.25, 0.3) is 0 Å². The zero-order valence-corrected chi connectivity index (χ0v) is 9.68. The first-order chi connectivity index (χ1) is 7.52. The second-order valence-electron chi connectivity index (χ2n) is 3.43. The fraction of sp³-hybridized carbons (Fsp3) is 0.500. The predicted octanol–water partition coefficient (Wildman–Crippen LogP) is 1.04. The summed E-state index contributed by atoms with van der Waals surface area (Å²) >= 11 is 0. The minimum atomic E-state index is -0.605. The smallest absolute Gasteiger partial charge is 0.357 e. The van der Waals surface area contributed by atoms with Gasteiger partial charge in [-0.25, -0.2) is 9.59 Å². The fourth-order valence-electron chi connectivity index (χ4n) is 1.31. The number of ether oxygens (including phenoxy) is 2. The highest BCUT2D eigenvalue weighted by Gasteiger charge is 2.25. The highest BCUT2D eigenvalue weighted by atomic mass is 16.5. The van der Waals surface area contributed by atoms with E-state index in [0.29, 0.717) is 0 Å². The van der Waals surface area contributed by atoms with E-state index in [1.165, 1.54) is 25.1 Å². The normalized spacial score (nSPS) is 10.3. The van der Waals surface area contributed by atoms with Gasteiger partial charge in [-0.05, 0) is 13.8 Å². The monoisotopic (exact) mass is 226 g/mol. The van der Waals surface area contributed by atoms with E-state index in [2.05, 4.69) is 14.6 Å². The maximum absolute atomic E-state index is 11.6. The molecule has 0 N–H and O–H groups in total. The number of carbonyl (C=O) groups is 2. The first-order valence-corrected chi connectivity index (χ1v) is 4.77. The summed E-state index contributed by atoms with van der Waals surface area (Å²) in [5.41, 5.74) is 0.229. The zero-order chi connectivity index (χ0) is 12.3. The summed E-state index contributed by atoms with van der Waals surface area (Å²) in [5, 5.41) is 3.97. The number of aromatic nitrogens is 2. The van der Waals surface area contributed by atoms with E-state index in [-0.39, 0.29) is 17.3 Å². The highest BCUT2D eigenvalue weighted by Crippen LogP contribution is 2.15. The van der Waals surface area contributed by atoms with Crippen LogP contribution in [-0.2, 0) is 9.47 Å². The van der Waals surface area contributed by atoms with Gasteiger partial charge in [-0.2, -0.15) is 5.10 Å². The molecule has 0 bridgehead atoms. The highest BCUT2D eigenvalue weighted by molar-refractivity contribution is 6.01. The van der Waals surface area contributed by atoms with Crippen molar-refractivity contribution in [3.8, 4) is 0 Å². The first kappa shape index (κ1) is 12.2.